The van der Waals surface area contributed by atoms with E-state index >= 15 is 0 Å². The molecule has 2 aromatic rings. The van der Waals surface area contributed by atoms with E-state index in [2.05, 4.69) is 39.3 Å². The van der Waals surface area contributed by atoms with E-state index in [1.807, 2.05) is 42.2 Å². The summed E-state index contributed by atoms with van der Waals surface area (Å²) in [4.78, 5) is 41.2. The standard InChI is InChI=1S/C39H56N8O5/c1-26(2)45-17-19-47(20-18-45)39-43-36(22-37(44-39)42-32-13-15-46(16-14-32)28(4)48)38(51)41-24-34(50)11-6-29-8-12-35(21-31(29)23-40)52-25-30-7-10-33(49)9-5-27(30)3/h5,7-9,12,21-22,26,32,34,49-50H,6,10-11,13-20,23-25,40H2,1-4H3,(H,41,51)(H,42,43,44)/t34-/m0/s1. The number of aliphatic hydroxyl groups is 2. The number of ether oxygens (including phenoxy) is 1. The Morgan fingerprint density at radius 3 is 2.48 bits per heavy atom. The summed E-state index contributed by atoms with van der Waals surface area (Å²) < 4.78 is 6.06. The number of carbonyl (C=O) groups is 2. The topological polar surface area (TPSA) is 169 Å². The molecule has 13 nitrogen and oxygen atoms in total. The molecule has 52 heavy (non-hydrogen) atoms. The lowest BCUT2D eigenvalue weighted by Gasteiger charge is -2.37. The van der Waals surface area contributed by atoms with Crippen LogP contribution in [0, 0.1) is 0 Å². The first kappa shape index (κ1) is 38.8. The molecule has 282 valence electrons. The molecule has 6 N–H and O–H groups in total. The summed E-state index contributed by atoms with van der Waals surface area (Å²) in [6.07, 6.45) is 7.86. The summed E-state index contributed by atoms with van der Waals surface area (Å²) >= 11 is 0. The minimum Gasteiger partial charge on any atom is -0.512 e. The molecule has 0 radical (unpaired) electrons. The summed E-state index contributed by atoms with van der Waals surface area (Å²) in [6.45, 7) is 13.4. The minimum absolute atomic E-state index is 0.0725. The molecule has 1 aliphatic carbocycles. The number of amides is 2. The number of nitrogens with one attached hydrogen (secondary N) is 2. The molecule has 2 amide bonds. The number of piperidine rings is 1. The molecular formula is C39H56N8O5. The smallest absolute Gasteiger partial charge is 0.270 e. The van der Waals surface area contributed by atoms with Crippen LogP contribution in [0.1, 0.15) is 75.0 Å². The number of nitrogens with two attached hydrogens (primary N) is 1. The first-order valence-corrected chi connectivity index (χ1v) is 18.6. The van der Waals surface area contributed by atoms with Gasteiger partial charge in [-0.1, -0.05) is 18.2 Å². The molecule has 0 saturated carbocycles. The number of rotatable bonds is 14. The molecule has 13 heteroatoms. The average Bonchev–Trinajstić information content (AvgIpc) is 3.31. The van der Waals surface area contributed by atoms with Gasteiger partial charge in [-0.3, -0.25) is 14.5 Å². The van der Waals surface area contributed by atoms with E-state index < -0.39 is 6.10 Å². The number of hydrogen-bond acceptors (Lipinski definition) is 11. The van der Waals surface area contributed by atoms with Gasteiger partial charge in [0.05, 0.1) is 11.9 Å². The van der Waals surface area contributed by atoms with Gasteiger partial charge >= 0.3 is 0 Å². The van der Waals surface area contributed by atoms with Crippen LogP contribution in [0.5, 0.6) is 5.75 Å². The molecule has 5 rings (SSSR count). The quantitative estimate of drug-likeness (QED) is 0.193. The Bertz CT molecular complexity index is 1640. The maximum absolute atomic E-state index is 13.5. The number of aliphatic hydroxyl groups excluding tert-OH is 2. The van der Waals surface area contributed by atoms with Crippen molar-refractivity contribution >= 4 is 23.6 Å². The highest BCUT2D eigenvalue weighted by Gasteiger charge is 2.25. The Morgan fingerprint density at radius 1 is 1.04 bits per heavy atom. The number of aryl methyl sites for hydroxylation is 1. The molecule has 0 bridgehead atoms. The Labute approximate surface area is 307 Å². The highest BCUT2D eigenvalue weighted by atomic mass is 16.5. The fraction of sp³-hybridized carbons (Fsp3) is 0.538. The van der Waals surface area contributed by atoms with Crippen molar-refractivity contribution in [2.45, 2.75) is 84.5 Å². The van der Waals surface area contributed by atoms with Crippen LogP contribution in [0.3, 0.4) is 0 Å². The van der Waals surface area contributed by atoms with Crippen molar-refractivity contribution < 1.29 is 24.5 Å². The third-order valence-electron chi connectivity index (χ3n) is 10.2. The Balaban J connectivity index is 1.17. The maximum atomic E-state index is 13.5. The van der Waals surface area contributed by atoms with Crippen LogP contribution in [0.25, 0.3) is 0 Å². The molecule has 2 aliphatic heterocycles. The Kier molecular flexibility index (Phi) is 13.7. The number of hydrogen-bond donors (Lipinski definition) is 5. The third-order valence-corrected chi connectivity index (χ3v) is 10.2. The van der Waals surface area contributed by atoms with E-state index in [9.17, 15) is 19.8 Å². The number of likely N-dealkylation sites (tertiary alicyclic amines) is 1. The van der Waals surface area contributed by atoms with Gasteiger partial charge < -0.3 is 41.1 Å². The van der Waals surface area contributed by atoms with Crippen molar-refractivity contribution in [1.29, 1.82) is 0 Å². The maximum Gasteiger partial charge on any atom is 0.270 e. The number of piperazine rings is 1. The van der Waals surface area contributed by atoms with Gasteiger partial charge in [0.15, 0.2) is 0 Å². The number of carbonyl (C=O) groups excluding carboxylic acids is 2. The number of nitrogens with zero attached hydrogens (tertiary/aromatic N) is 5. The van der Waals surface area contributed by atoms with Crippen LogP contribution in [0.2, 0.25) is 0 Å². The fourth-order valence-electron chi connectivity index (χ4n) is 6.72. The predicted molar refractivity (Wildman–Crippen MR) is 204 cm³/mol. The second-order valence-corrected chi connectivity index (χ2v) is 14.2. The third kappa shape index (κ3) is 10.8. The molecule has 1 aromatic heterocycles. The zero-order valence-electron chi connectivity index (χ0n) is 31.1. The van der Waals surface area contributed by atoms with Crippen LogP contribution >= 0.6 is 0 Å². The molecule has 0 unspecified atom stereocenters. The van der Waals surface area contributed by atoms with E-state index in [1.165, 1.54) is 0 Å². The molecule has 3 heterocycles. The van der Waals surface area contributed by atoms with Gasteiger partial charge in [-0.05, 0) is 86.9 Å². The van der Waals surface area contributed by atoms with Gasteiger partial charge in [-0.2, -0.15) is 4.98 Å². The van der Waals surface area contributed by atoms with Crippen molar-refractivity contribution in [1.82, 2.24) is 25.1 Å². The van der Waals surface area contributed by atoms with E-state index in [0.29, 0.717) is 74.8 Å². The normalized spacial score (nSPS) is 17.9. The number of anilines is 2. The average molecular weight is 717 g/mol. The predicted octanol–water partition coefficient (Wildman–Crippen LogP) is 3.71. The molecule has 3 aliphatic rings. The van der Waals surface area contributed by atoms with Crippen LogP contribution in [-0.2, 0) is 17.8 Å². The van der Waals surface area contributed by atoms with Crippen molar-refractivity contribution in [3.63, 3.8) is 0 Å². The molecule has 2 fully saturated rings. The Hall–Kier alpha value is -4.46. The van der Waals surface area contributed by atoms with E-state index in [1.54, 1.807) is 19.1 Å². The summed E-state index contributed by atoms with van der Waals surface area (Å²) in [5.74, 6) is 1.83. The monoisotopic (exact) mass is 716 g/mol. The fourth-order valence-corrected chi connectivity index (χ4v) is 6.72. The number of aromatic nitrogens is 2. The highest BCUT2D eigenvalue weighted by molar-refractivity contribution is 5.93. The van der Waals surface area contributed by atoms with Crippen molar-refractivity contribution in [2.75, 3.05) is 62.6 Å². The lowest BCUT2D eigenvalue weighted by Crippen LogP contribution is -2.49. The van der Waals surface area contributed by atoms with Crippen LogP contribution < -0.4 is 26.0 Å². The van der Waals surface area contributed by atoms with Crippen LogP contribution in [0.4, 0.5) is 11.8 Å². The van der Waals surface area contributed by atoms with Gasteiger partial charge in [-0.25, -0.2) is 4.98 Å². The lowest BCUT2D eigenvalue weighted by molar-refractivity contribution is -0.129. The second kappa shape index (κ2) is 18.3. The zero-order chi connectivity index (χ0) is 37.2. The molecule has 2 saturated heterocycles. The molecule has 1 aromatic carbocycles. The number of allylic oxidation sites excluding steroid dienone is 3. The van der Waals surface area contributed by atoms with Crippen molar-refractivity contribution in [3.8, 4) is 5.75 Å². The van der Waals surface area contributed by atoms with E-state index in [4.69, 9.17) is 15.5 Å². The SMILES string of the molecule is CC(=O)N1CCC(Nc2cc(C(=O)NC[C@@H](O)CCc3ccc(OCC4=CCC(O)=CC=C4C)cc3CN)nc(N3CCN(C(C)C)CC3)n2)CC1. The van der Waals surface area contributed by atoms with E-state index in [0.717, 1.165) is 61.3 Å². The van der Waals surface area contributed by atoms with Crippen LogP contribution in [-0.4, -0.2) is 112 Å². The van der Waals surface area contributed by atoms with Crippen molar-refractivity contribution in [2.24, 2.45) is 5.73 Å². The van der Waals surface area contributed by atoms with Crippen LogP contribution in [0.15, 0.2) is 59.4 Å². The zero-order valence-corrected chi connectivity index (χ0v) is 31.1. The first-order chi connectivity index (χ1) is 25.0. The Morgan fingerprint density at radius 2 is 1.79 bits per heavy atom. The van der Waals surface area contributed by atoms with Crippen molar-refractivity contribution in [3.05, 3.63) is 76.2 Å². The van der Waals surface area contributed by atoms with Gasteiger partial charge in [-0.15, -0.1) is 0 Å². The first-order valence-electron chi connectivity index (χ1n) is 18.6. The largest absolute Gasteiger partial charge is 0.512 e. The van der Waals surface area contributed by atoms with Gasteiger partial charge in [0.1, 0.15) is 23.9 Å². The molecule has 0 spiro atoms. The summed E-state index contributed by atoms with van der Waals surface area (Å²) in [5.41, 5.74) is 10.3. The number of benzene rings is 1. The lowest BCUT2D eigenvalue weighted by atomic mass is 10.0. The minimum atomic E-state index is -0.776. The molecule has 1 atom stereocenters. The summed E-state index contributed by atoms with van der Waals surface area (Å²) in [7, 11) is 0. The summed E-state index contributed by atoms with van der Waals surface area (Å²) in [5, 5.41) is 27.1. The van der Waals surface area contributed by atoms with Gasteiger partial charge in [0, 0.05) is 83.9 Å². The second-order valence-electron chi connectivity index (χ2n) is 14.2. The van der Waals surface area contributed by atoms with Gasteiger partial charge in [0.25, 0.3) is 5.91 Å². The van der Waals surface area contributed by atoms with E-state index in [-0.39, 0.29) is 30.1 Å². The summed E-state index contributed by atoms with van der Waals surface area (Å²) in [6, 6.07) is 8.07. The molecular weight excluding hydrogens is 660 g/mol. The highest BCUT2D eigenvalue weighted by Crippen LogP contribution is 2.24. The van der Waals surface area contributed by atoms with Gasteiger partial charge in [0.2, 0.25) is 11.9 Å².